The third-order valence-corrected chi connectivity index (χ3v) is 7.86. The number of carboxylic acids is 1. The SMILES string of the molecule is CCN1CCN(C(O)N[C@@H](C(=O)N[C@H]2Cc3cccc(C(=O)O)c3OB2O)c2ccc(S(N)(=O)=O)c(O)c2)C(=O)C1=O. The number of aromatic carboxylic acids is 1. The number of hydrogen-bond donors (Lipinski definition) is 7. The van der Waals surface area contributed by atoms with Crippen LogP contribution in [0.2, 0.25) is 0 Å². The predicted octanol–water partition coefficient (Wildman–Crippen LogP) is -2.53. The molecule has 2 heterocycles. The van der Waals surface area contributed by atoms with E-state index in [2.05, 4.69) is 10.6 Å². The molecule has 2 aliphatic rings. The van der Waals surface area contributed by atoms with Crippen LogP contribution in [-0.4, -0.2) is 101 Å². The molecule has 18 heteroatoms. The van der Waals surface area contributed by atoms with Gasteiger partial charge in [0.05, 0.1) is 11.5 Å². The fraction of sp³-hybridized carbons (Fsp3) is 0.333. The molecule has 0 aromatic heterocycles. The monoisotopic (exact) mass is 605 g/mol. The molecule has 0 saturated carbocycles. The Balaban J connectivity index is 1.62. The van der Waals surface area contributed by atoms with Gasteiger partial charge in [-0.25, -0.2) is 18.4 Å². The number of sulfonamides is 1. The second-order valence-electron chi connectivity index (χ2n) is 9.56. The van der Waals surface area contributed by atoms with Crippen molar-refractivity contribution >= 4 is 40.8 Å². The van der Waals surface area contributed by atoms with Crippen molar-refractivity contribution in [3.8, 4) is 11.5 Å². The van der Waals surface area contributed by atoms with Gasteiger partial charge in [0.2, 0.25) is 15.9 Å². The Morgan fingerprint density at radius 1 is 1.19 bits per heavy atom. The summed E-state index contributed by atoms with van der Waals surface area (Å²) in [5, 5.41) is 51.3. The third-order valence-electron chi connectivity index (χ3n) is 6.90. The van der Waals surface area contributed by atoms with Gasteiger partial charge < -0.3 is 35.2 Å². The standard InChI is InChI=1S/C24H28BN5O11S/c1-2-29-8-9-30(22(34)21(29)33)24(37)28-18(12-6-7-16(15(31)10-12)42(26,39)40)20(32)27-17-11-13-4-3-5-14(23(35)36)19(13)41-25(17)38/h3-7,10,17-18,24,28,31,37-38H,2,8-9,11H2,1H3,(H,27,32)(H,35,36)(H2,26,39,40)/t17-,18+,24?/m0/s1. The van der Waals surface area contributed by atoms with Gasteiger partial charge in [0, 0.05) is 19.6 Å². The first kappa shape index (κ1) is 30.7. The van der Waals surface area contributed by atoms with Crippen LogP contribution in [0.5, 0.6) is 11.5 Å². The van der Waals surface area contributed by atoms with E-state index < -0.39 is 69.8 Å². The highest BCUT2D eigenvalue weighted by atomic mass is 32.2. The number of nitrogens with one attached hydrogen (secondary N) is 2. The van der Waals surface area contributed by atoms with Gasteiger partial charge >= 0.3 is 24.9 Å². The fourth-order valence-corrected chi connectivity index (χ4v) is 5.33. The molecular formula is C24H28BN5O11S. The third kappa shape index (κ3) is 6.16. The van der Waals surface area contributed by atoms with Crippen molar-refractivity contribution in [2.75, 3.05) is 19.6 Å². The summed E-state index contributed by atoms with van der Waals surface area (Å²) in [6.45, 7) is 1.99. The van der Waals surface area contributed by atoms with Crippen molar-refractivity contribution in [2.24, 2.45) is 5.14 Å². The molecule has 224 valence electrons. The first-order chi connectivity index (χ1) is 19.7. The van der Waals surface area contributed by atoms with E-state index >= 15 is 0 Å². The van der Waals surface area contributed by atoms with E-state index in [4.69, 9.17) is 9.79 Å². The lowest BCUT2D eigenvalue weighted by atomic mass is 9.72. The van der Waals surface area contributed by atoms with E-state index in [1.807, 2.05) is 0 Å². The van der Waals surface area contributed by atoms with Gasteiger partial charge in [0.25, 0.3) is 0 Å². The van der Waals surface area contributed by atoms with Crippen LogP contribution < -0.4 is 20.4 Å². The molecule has 0 spiro atoms. The van der Waals surface area contributed by atoms with Gasteiger partial charge in [-0.3, -0.25) is 24.6 Å². The zero-order valence-corrected chi connectivity index (χ0v) is 22.9. The number of aliphatic hydroxyl groups is 1. The highest BCUT2D eigenvalue weighted by Gasteiger charge is 2.41. The molecule has 2 aliphatic heterocycles. The Morgan fingerprint density at radius 3 is 2.52 bits per heavy atom. The first-order valence-corrected chi connectivity index (χ1v) is 14.2. The number of likely N-dealkylation sites (N-methyl/N-ethyl adjacent to an activating group) is 1. The average molecular weight is 605 g/mol. The maximum Gasteiger partial charge on any atom is 0.547 e. The lowest BCUT2D eigenvalue weighted by molar-refractivity contribution is -0.166. The number of amides is 3. The maximum absolute atomic E-state index is 13.6. The molecule has 2 aromatic carbocycles. The smallest absolute Gasteiger partial charge is 0.534 e. The van der Waals surface area contributed by atoms with Crippen LogP contribution in [0, 0.1) is 0 Å². The van der Waals surface area contributed by atoms with Crippen molar-refractivity contribution < 1.29 is 52.6 Å². The molecule has 0 bridgehead atoms. The molecule has 3 atom stereocenters. The van der Waals surface area contributed by atoms with Crippen LogP contribution in [0.4, 0.5) is 0 Å². The van der Waals surface area contributed by atoms with Gasteiger partial charge in [0.15, 0.2) is 6.35 Å². The van der Waals surface area contributed by atoms with E-state index in [-0.39, 0.29) is 42.9 Å². The number of carboxylic acid groups (broad SMARTS) is 1. The number of nitrogens with zero attached hydrogens (tertiary/aromatic N) is 2. The summed E-state index contributed by atoms with van der Waals surface area (Å²) in [6, 6.07) is 5.70. The zero-order chi connectivity index (χ0) is 30.9. The van der Waals surface area contributed by atoms with Crippen molar-refractivity contribution in [2.45, 2.75) is 36.6 Å². The number of benzene rings is 2. The number of primary sulfonamides is 1. The van der Waals surface area contributed by atoms with Crippen molar-refractivity contribution in [3.63, 3.8) is 0 Å². The molecule has 1 fully saturated rings. The van der Waals surface area contributed by atoms with Gasteiger partial charge in [0.1, 0.15) is 22.4 Å². The average Bonchev–Trinajstić information content (AvgIpc) is 2.92. The number of fused-ring (bicyclic) bond motifs is 1. The number of phenolic OH excluding ortho intramolecular Hbond substituents is 1. The number of nitrogens with two attached hydrogens (primary N) is 1. The maximum atomic E-state index is 13.6. The molecule has 0 radical (unpaired) electrons. The van der Waals surface area contributed by atoms with Crippen LogP contribution >= 0.6 is 0 Å². The summed E-state index contributed by atoms with van der Waals surface area (Å²) >= 11 is 0. The Hall–Kier alpha value is -4.23. The molecule has 1 unspecified atom stereocenters. The van der Waals surface area contributed by atoms with Crippen molar-refractivity contribution in [3.05, 3.63) is 53.1 Å². The molecule has 3 amide bonds. The molecule has 0 aliphatic carbocycles. The Labute approximate surface area is 239 Å². The molecular weight excluding hydrogens is 577 g/mol. The number of piperazine rings is 1. The topological polar surface area (TPSA) is 249 Å². The minimum absolute atomic E-state index is 0.0554. The summed E-state index contributed by atoms with van der Waals surface area (Å²) in [4.78, 5) is 51.5. The van der Waals surface area contributed by atoms with Crippen LogP contribution in [0.25, 0.3) is 0 Å². The second-order valence-corrected chi connectivity index (χ2v) is 11.1. The highest BCUT2D eigenvalue weighted by molar-refractivity contribution is 7.89. The summed E-state index contributed by atoms with van der Waals surface area (Å²) in [6.07, 6.45) is -1.94. The number of para-hydroxylation sites is 1. The molecule has 4 rings (SSSR count). The minimum Gasteiger partial charge on any atom is -0.534 e. The minimum atomic E-state index is -4.33. The normalized spacial score (nSPS) is 18.7. The van der Waals surface area contributed by atoms with Crippen molar-refractivity contribution in [1.82, 2.24) is 20.4 Å². The van der Waals surface area contributed by atoms with Crippen LogP contribution in [-0.2, 0) is 30.8 Å². The summed E-state index contributed by atoms with van der Waals surface area (Å²) < 4.78 is 28.9. The summed E-state index contributed by atoms with van der Waals surface area (Å²) in [7, 11) is -6.02. The zero-order valence-electron chi connectivity index (χ0n) is 22.1. The second kappa shape index (κ2) is 11.9. The van der Waals surface area contributed by atoms with Gasteiger partial charge in [-0.15, -0.1) is 0 Å². The van der Waals surface area contributed by atoms with Crippen LogP contribution in [0.3, 0.4) is 0 Å². The largest absolute Gasteiger partial charge is 0.547 e. The van der Waals surface area contributed by atoms with E-state index in [0.29, 0.717) is 5.56 Å². The Kier molecular flexibility index (Phi) is 8.74. The number of rotatable bonds is 9. The summed E-state index contributed by atoms with van der Waals surface area (Å²) in [5.41, 5.74) is 0.108. The molecule has 1 saturated heterocycles. The number of aromatic hydroxyl groups is 1. The molecule has 16 nitrogen and oxygen atoms in total. The number of hydrogen-bond acceptors (Lipinski definition) is 11. The number of aliphatic hydroxyl groups excluding tert-OH is 1. The number of carbonyl (C=O) groups is 4. The van der Waals surface area contributed by atoms with E-state index in [1.165, 1.54) is 17.0 Å². The molecule has 2 aromatic rings. The van der Waals surface area contributed by atoms with E-state index in [1.54, 1.807) is 13.0 Å². The Morgan fingerprint density at radius 2 is 1.90 bits per heavy atom. The lowest BCUT2D eigenvalue weighted by Crippen LogP contribution is -2.62. The van der Waals surface area contributed by atoms with Crippen LogP contribution in [0.1, 0.15) is 34.5 Å². The van der Waals surface area contributed by atoms with Gasteiger partial charge in [-0.2, -0.15) is 0 Å². The van der Waals surface area contributed by atoms with Gasteiger partial charge in [-0.05, 0) is 42.7 Å². The predicted molar refractivity (Wildman–Crippen MR) is 143 cm³/mol. The fourth-order valence-electron chi connectivity index (χ4n) is 4.72. The number of carbonyl (C=O) groups excluding carboxylic acids is 3. The molecule has 42 heavy (non-hydrogen) atoms. The quantitative estimate of drug-likeness (QED) is 0.0889. The Bertz CT molecular complexity index is 1540. The molecule has 8 N–H and O–H groups in total. The van der Waals surface area contributed by atoms with E-state index in [0.717, 1.165) is 23.1 Å². The first-order valence-electron chi connectivity index (χ1n) is 12.6. The highest BCUT2D eigenvalue weighted by Crippen LogP contribution is 2.31. The van der Waals surface area contributed by atoms with E-state index in [9.17, 15) is 47.9 Å². The summed E-state index contributed by atoms with van der Waals surface area (Å²) in [5.74, 6) is -6.08. The van der Waals surface area contributed by atoms with Gasteiger partial charge in [-0.1, -0.05) is 18.2 Å². The lowest BCUT2D eigenvalue weighted by Gasteiger charge is -2.37. The van der Waals surface area contributed by atoms with Crippen molar-refractivity contribution in [1.29, 1.82) is 0 Å². The number of phenols is 1. The van der Waals surface area contributed by atoms with Crippen LogP contribution in [0.15, 0.2) is 41.3 Å².